The normalized spacial score (nSPS) is 16.9. The van der Waals surface area contributed by atoms with E-state index in [4.69, 9.17) is 0 Å². The Hall–Kier alpha value is -1.97. The molecule has 1 aromatic carbocycles. The molecule has 0 bridgehead atoms. The second kappa shape index (κ2) is 3.27. The van der Waals surface area contributed by atoms with E-state index < -0.39 is 11.6 Å². The molecular weight excluding hydrogens is 210 g/mol. The molecule has 0 saturated heterocycles. The summed E-state index contributed by atoms with van der Waals surface area (Å²) in [5.41, 5.74) is 0.814. The van der Waals surface area contributed by atoms with Crippen molar-refractivity contribution < 1.29 is 8.78 Å². The Morgan fingerprint density at radius 3 is 2.94 bits per heavy atom. The molecule has 16 heavy (non-hydrogen) atoms. The van der Waals surface area contributed by atoms with Crippen molar-refractivity contribution in [1.29, 1.82) is 0 Å². The van der Waals surface area contributed by atoms with Gasteiger partial charge in [-0.25, -0.2) is 13.8 Å². The molecule has 3 rings (SSSR count). The molecule has 0 radical (unpaired) electrons. The minimum atomic E-state index is -0.593. The highest BCUT2D eigenvalue weighted by Crippen LogP contribution is 2.30. The van der Waals surface area contributed by atoms with Crippen LogP contribution < -0.4 is 0 Å². The number of amidine groups is 1. The van der Waals surface area contributed by atoms with Crippen molar-refractivity contribution in [3.63, 3.8) is 0 Å². The minimum Gasteiger partial charge on any atom is -0.328 e. The van der Waals surface area contributed by atoms with E-state index in [-0.39, 0.29) is 0 Å². The first-order valence-corrected chi connectivity index (χ1v) is 4.92. The maximum atomic E-state index is 13.5. The highest BCUT2D eigenvalue weighted by atomic mass is 19.1. The predicted molar refractivity (Wildman–Crippen MR) is 57.3 cm³/mol. The van der Waals surface area contributed by atoms with Gasteiger partial charge in [0.05, 0.1) is 12.2 Å². The fourth-order valence-corrected chi connectivity index (χ4v) is 1.84. The summed E-state index contributed by atoms with van der Waals surface area (Å²) in [4.78, 5) is 6.04. The SMILES string of the molecule is Fc1cc(F)c2c(c1)N=C1C=CC=CN1C2. The minimum absolute atomic E-state index is 0.378. The van der Waals surface area contributed by atoms with Crippen LogP contribution in [-0.4, -0.2) is 10.7 Å². The van der Waals surface area contributed by atoms with Crippen LogP contribution in [0.4, 0.5) is 14.5 Å². The molecule has 2 nitrogen and oxygen atoms in total. The smallest absolute Gasteiger partial charge is 0.133 e. The van der Waals surface area contributed by atoms with Crippen LogP contribution in [0.3, 0.4) is 0 Å². The molecule has 0 unspecified atom stereocenters. The van der Waals surface area contributed by atoms with E-state index in [9.17, 15) is 8.78 Å². The van der Waals surface area contributed by atoms with Gasteiger partial charge in [0.2, 0.25) is 0 Å². The van der Waals surface area contributed by atoms with Crippen LogP contribution in [0.2, 0.25) is 0 Å². The Labute approximate surface area is 91.2 Å². The number of fused-ring (bicyclic) bond motifs is 2. The first-order valence-electron chi connectivity index (χ1n) is 4.92. The third kappa shape index (κ3) is 1.34. The molecule has 2 aliphatic heterocycles. The van der Waals surface area contributed by atoms with Crippen LogP contribution >= 0.6 is 0 Å². The molecule has 2 heterocycles. The van der Waals surface area contributed by atoms with Gasteiger partial charge in [-0.3, -0.25) is 0 Å². The lowest BCUT2D eigenvalue weighted by Crippen LogP contribution is -2.28. The summed E-state index contributed by atoms with van der Waals surface area (Å²) >= 11 is 0. The van der Waals surface area contributed by atoms with E-state index in [1.165, 1.54) is 6.07 Å². The molecule has 1 aromatic rings. The molecule has 0 fully saturated rings. The summed E-state index contributed by atoms with van der Waals surface area (Å²) in [5, 5.41) is 0. The quantitative estimate of drug-likeness (QED) is 0.653. The standard InChI is InChI=1S/C12H8F2N2/c13-8-5-10(14)9-7-16-4-2-1-3-12(16)15-11(9)6-8/h1-6H,7H2. The van der Waals surface area contributed by atoms with E-state index >= 15 is 0 Å². The molecule has 0 spiro atoms. The summed E-state index contributed by atoms with van der Waals surface area (Å²) in [6.07, 6.45) is 7.33. The van der Waals surface area contributed by atoms with Gasteiger partial charge in [-0.05, 0) is 12.2 Å². The van der Waals surface area contributed by atoms with Gasteiger partial charge >= 0.3 is 0 Å². The van der Waals surface area contributed by atoms with Crippen LogP contribution in [0.15, 0.2) is 41.6 Å². The van der Waals surface area contributed by atoms with Crippen LogP contribution in [-0.2, 0) is 6.54 Å². The third-order valence-corrected chi connectivity index (χ3v) is 2.62. The van der Waals surface area contributed by atoms with Gasteiger partial charge in [0, 0.05) is 23.9 Å². The summed E-state index contributed by atoms with van der Waals surface area (Å²) in [6.45, 7) is 0.390. The monoisotopic (exact) mass is 218 g/mol. The lowest BCUT2D eigenvalue weighted by Gasteiger charge is -2.27. The largest absolute Gasteiger partial charge is 0.328 e. The Balaban J connectivity index is 2.17. The van der Waals surface area contributed by atoms with Crippen molar-refractivity contribution >= 4 is 11.5 Å². The van der Waals surface area contributed by atoms with Crippen LogP contribution in [0.5, 0.6) is 0 Å². The van der Waals surface area contributed by atoms with Crippen molar-refractivity contribution in [2.45, 2.75) is 6.54 Å². The number of nitrogens with zero attached hydrogens (tertiary/aromatic N) is 2. The van der Waals surface area contributed by atoms with Crippen molar-refractivity contribution in [2.24, 2.45) is 4.99 Å². The van der Waals surface area contributed by atoms with Crippen LogP contribution in [0.1, 0.15) is 5.56 Å². The van der Waals surface area contributed by atoms with Crippen LogP contribution in [0.25, 0.3) is 0 Å². The molecule has 0 N–H and O–H groups in total. The molecule has 80 valence electrons. The molecular formula is C12H8F2N2. The van der Waals surface area contributed by atoms with Crippen molar-refractivity contribution in [3.8, 4) is 0 Å². The van der Waals surface area contributed by atoms with Gasteiger partial charge in [0.1, 0.15) is 17.5 Å². The number of halogens is 2. The number of hydrogen-bond donors (Lipinski definition) is 0. The fraction of sp³-hybridized carbons (Fsp3) is 0.0833. The zero-order valence-corrected chi connectivity index (χ0v) is 8.32. The summed E-state index contributed by atoms with van der Waals surface area (Å²) in [7, 11) is 0. The van der Waals surface area contributed by atoms with Gasteiger partial charge in [0.25, 0.3) is 0 Å². The van der Waals surface area contributed by atoms with E-state index in [0.29, 0.717) is 23.6 Å². The molecule has 0 saturated carbocycles. The second-order valence-electron chi connectivity index (χ2n) is 3.68. The Morgan fingerprint density at radius 1 is 1.19 bits per heavy atom. The number of benzene rings is 1. The number of allylic oxidation sites excluding steroid dienone is 2. The molecule has 0 amide bonds. The highest BCUT2D eigenvalue weighted by Gasteiger charge is 2.21. The third-order valence-electron chi connectivity index (χ3n) is 2.62. The first-order chi connectivity index (χ1) is 7.74. The molecule has 0 aliphatic carbocycles. The van der Waals surface area contributed by atoms with Gasteiger partial charge < -0.3 is 4.90 Å². The Bertz CT molecular complexity index is 544. The lowest BCUT2D eigenvalue weighted by molar-refractivity contribution is 0.504. The van der Waals surface area contributed by atoms with E-state index in [0.717, 1.165) is 6.07 Å². The molecule has 4 heteroatoms. The average Bonchev–Trinajstić information content (AvgIpc) is 2.27. The van der Waals surface area contributed by atoms with Crippen LogP contribution in [0, 0.1) is 11.6 Å². The summed E-state index contributed by atoms with van der Waals surface area (Å²) in [6, 6.07) is 2.15. The zero-order chi connectivity index (χ0) is 11.1. The van der Waals surface area contributed by atoms with Crippen molar-refractivity contribution in [2.75, 3.05) is 0 Å². The zero-order valence-electron chi connectivity index (χ0n) is 8.32. The lowest BCUT2D eigenvalue weighted by atomic mass is 10.1. The number of rotatable bonds is 0. The maximum Gasteiger partial charge on any atom is 0.133 e. The summed E-state index contributed by atoms with van der Waals surface area (Å²) in [5.74, 6) is -0.426. The molecule has 0 atom stereocenters. The van der Waals surface area contributed by atoms with Crippen molar-refractivity contribution in [1.82, 2.24) is 4.90 Å². The van der Waals surface area contributed by atoms with E-state index in [1.807, 2.05) is 29.3 Å². The van der Waals surface area contributed by atoms with Crippen molar-refractivity contribution in [3.05, 3.63) is 53.8 Å². The fourth-order valence-electron chi connectivity index (χ4n) is 1.84. The Kier molecular flexibility index (Phi) is 1.89. The Morgan fingerprint density at radius 2 is 2.06 bits per heavy atom. The number of aliphatic imine (C=N–C) groups is 1. The second-order valence-corrected chi connectivity index (χ2v) is 3.68. The topological polar surface area (TPSA) is 15.6 Å². The number of hydrogen-bond acceptors (Lipinski definition) is 2. The highest BCUT2D eigenvalue weighted by molar-refractivity contribution is 5.97. The van der Waals surface area contributed by atoms with Gasteiger partial charge in [0.15, 0.2) is 0 Å². The van der Waals surface area contributed by atoms with Gasteiger partial charge in [-0.1, -0.05) is 6.08 Å². The van der Waals surface area contributed by atoms with E-state index in [1.54, 1.807) is 0 Å². The van der Waals surface area contributed by atoms with Gasteiger partial charge in [-0.2, -0.15) is 0 Å². The average molecular weight is 218 g/mol. The first kappa shape index (κ1) is 9.27. The molecule has 0 aromatic heterocycles. The maximum absolute atomic E-state index is 13.5. The summed E-state index contributed by atoms with van der Waals surface area (Å²) < 4.78 is 26.5. The van der Waals surface area contributed by atoms with Gasteiger partial charge in [-0.15, -0.1) is 0 Å². The van der Waals surface area contributed by atoms with E-state index in [2.05, 4.69) is 4.99 Å². The predicted octanol–water partition coefficient (Wildman–Crippen LogP) is 2.89. The molecule has 2 aliphatic rings.